The van der Waals surface area contributed by atoms with E-state index in [2.05, 4.69) is 47.1 Å². The Bertz CT molecular complexity index is 1090. The van der Waals surface area contributed by atoms with Crippen LogP contribution in [0.4, 0.5) is 0 Å². The topological polar surface area (TPSA) is 243 Å². The molecule has 0 aliphatic heterocycles. The molecule has 58 heavy (non-hydrogen) atoms. The van der Waals surface area contributed by atoms with Crippen molar-refractivity contribution in [2.75, 3.05) is 99.1 Å². The number of hydrogen-bond acceptors (Lipinski definition) is 19. The molecule has 332 valence electrons. The molecule has 0 saturated carbocycles. The third-order valence-electron chi connectivity index (χ3n) is 5.59. The zero-order chi connectivity index (χ0) is 44.1. The first-order chi connectivity index (χ1) is 27.9. The van der Waals surface area contributed by atoms with Gasteiger partial charge in [0.2, 0.25) is 0 Å². The predicted octanol–water partition coefficient (Wildman–Crippen LogP) is 2.60. The molecule has 1 N–H and O–H groups in total. The summed E-state index contributed by atoms with van der Waals surface area (Å²) in [6.45, 7) is 24.2. The second-order valence-corrected chi connectivity index (χ2v) is 10.1. The molecule has 0 bridgehead atoms. The van der Waals surface area contributed by atoms with Crippen molar-refractivity contribution in [1.82, 2.24) is 0 Å². The van der Waals surface area contributed by atoms with Gasteiger partial charge >= 0.3 is 35.8 Å². The Labute approximate surface area is 339 Å². The number of esters is 5. The average Bonchev–Trinajstić information content (AvgIpc) is 3.19. The van der Waals surface area contributed by atoms with E-state index in [0.29, 0.717) is 52.9 Å². The minimum absolute atomic E-state index is 0.0841. The minimum atomic E-state index is -0.989. The summed E-state index contributed by atoms with van der Waals surface area (Å²) < 4.78 is 65.0. The van der Waals surface area contributed by atoms with Gasteiger partial charge < -0.3 is 66.7 Å². The molecule has 0 fully saturated rings. The zero-order valence-electron chi connectivity index (χ0n) is 33.5. The number of aliphatic carboxylic acids is 1. The van der Waals surface area contributed by atoms with Crippen molar-refractivity contribution in [2.24, 2.45) is 0 Å². The molecule has 0 aliphatic rings. The van der Waals surface area contributed by atoms with Gasteiger partial charge in [-0.25, -0.2) is 14.4 Å². The molecule has 0 radical (unpaired) electrons. The van der Waals surface area contributed by atoms with Gasteiger partial charge in [-0.1, -0.05) is 32.9 Å². The maximum atomic E-state index is 11.5. The number of hydrogen-bond donors (Lipinski definition) is 1. The first-order valence-electron chi connectivity index (χ1n) is 17.8. The van der Waals surface area contributed by atoms with Crippen molar-refractivity contribution in [2.45, 2.75) is 45.7 Å². The van der Waals surface area contributed by atoms with Gasteiger partial charge in [-0.05, 0) is 13.8 Å². The Hall–Kier alpha value is -5.12. The summed E-state index contributed by atoms with van der Waals surface area (Å²) in [4.78, 5) is 64.9. The van der Waals surface area contributed by atoms with Gasteiger partial charge in [0.1, 0.15) is 33.0 Å². The molecule has 0 amide bonds. The average molecular weight is 837 g/mol. The van der Waals surface area contributed by atoms with Crippen molar-refractivity contribution in [1.29, 1.82) is 0 Å². The number of carboxylic acid groups (broad SMARTS) is 1. The fourth-order valence-corrected chi connectivity index (χ4v) is 3.01. The summed E-state index contributed by atoms with van der Waals surface area (Å²) >= 11 is 0. The van der Waals surface area contributed by atoms with Gasteiger partial charge in [0.15, 0.2) is 12.6 Å². The summed E-state index contributed by atoms with van der Waals surface area (Å²) in [6, 6.07) is 0. The highest BCUT2D eigenvalue weighted by Gasteiger charge is 2.12. The van der Waals surface area contributed by atoms with Crippen LogP contribution < -0.4 is 0 Å². The second-order valence-electron chi connectivity index (χ2n) is 10.1. The molecule has 0 saturated heterocycles. The van der Waals surface area contributed by atoms with Crippen molar-refractivity contribution in [3.05, 3.63) is 63.6 Å². The van der Waals surface area contributed by atoms with Crippen LogP contribution in [0.25, 0.3) is 0 Å². The summed E-state index contributed by atoms with van der Waals surface area (Å²) in [6.07, 6.45) is 3.93. The summed E-state index contributed by atoms with van der Waals surface area (Å²) in [5, 5.41) is 8.08. The van der Waals surface area contributed by atoms with Gasteiger partial charge in [0.25, 0.3) is 0 Å². The number of rotatable bonds is 36. The van der Waals surface area contributed by atoms with E-state index >= 15 is 0 Å². The molecule has 0 rings (SSSR count). The fraction of sp³-hybridized carbons (Fsp3) is 0.579. The highest BCUT2D eigenvalue weighted by molar-refractivity contribution is 5.82. The van der Waals surface area contributed by atoms with Crippen molar-refractivity contribution >= 4 is 35.8 Å². The van der Waals surface area contributed by atoms with Gasteiger partial charge in [0, 0.05) is 18.2 Å². The van der Waals surface area contributed by atoms with Gasteiger partial charge in [-0.2, -0.15) is 0 Å². The van der Waals surface area contributed by atoms with Gasteiger partial charge in [-0.3, -0.25) is 14.4 Å². The van der Waals surface area contributed by atoms with Crippen LogP contribution in [0.2, 0.25) is 0 Å². The fourth-order valence-electron chi connectivity index (χ4n) is 3.01. The van der Waals surface area contributed by atoms with E-state index in [1.165, 1.54) is 12.5 Å². The standard InChI is InChI=1S/C22H34O12.C10H18O4.C6H8O4/c1-5-19(23)31-9-7-21(25)33-17(3)29-15-13-27-11-12-28-14-16-30-18(4)34-22(26)8-10-32-20(24)6-2;1-3-11-5-7-13-9-10-14-8-6-12-4-2;1-2-6(9)10-4-3-5(7)8/h5-6,17-18H,1-2,7-16H2,3-4H3;3-4H,1-2,5-10H2;2H,1,3-4H2,(H,7,8). The highest BCUT2D eigenvalue weighted by atomic mass is 16.7. The van der Waals surface area contributed by atoms with E-state index < -0.39 is 48.4 Å². The van der Waals surface area contributed by atoms with E-state index in [1.807, 2.05) is 0 Å². The van der Waals surface area contributed by atoms with E-state index in [9.17, 15) is 28.8 Å². The van der Waals surface area contributed by atoms with Crippen LogP contribution in [0.5, 0.6) is 0 Å². The lowest BCUT2D eigenvalue weighted by Crippen LogP contribution is -2.22. The number of ether oxygens (including phenoxy) is 13. The Kier molecular flexibility index (Phi) is 44.0. The van der Waals surface area contributed by atoms with Gasteiger partial charge in [0.05, 0.1) is 97.9 Å². The molecule has 0 aliphatic carbocycles. The van der Waals surface area contributed by atoms with E-state index in [4.69, 9.17) is 52.5 Å². The van der Waals surface area contributed by atoms with Crippen molar-refractivity contribution < 1.29 is 95.5 Å². The first-order valence-corrected chi connectivity index (χ1v) is 17.8. The van der Waals surface area contributed by atoms with Crippen LogP contribution in [0.3, 0.4) is 0 Å². The molecule has 0 aromatic rings. The Morgan fingerprint density at radius 2 is 0.741 bits per heavy atom. The van der Waals surface area contributed by atoms with Crippen molar-refractivity contribution in [3.8, 4) is 0 Å². The minimum Gasteiger partial charge on any atom is -0.499 e. The number of carbonyl (C=O) groups excluding carboxylic acids is 5. The lowest BCUT2D eigenvalue weighted by atomic mass is 10.4. The maximum absolute atomic E-state index is 11.5. The van der Waals surface area contributed by atoms with Crippen LogP contribution in [0.15, 0.2) is 63.6 Å². The Morgan fingerprint density at radius 1 is 0.448 bits per heavy atom. The van der Waals surface area contributed by atoms with Gasteiger partial charge in [-0.15, -0.1) is 0 Å². The molecule has 0 aromatic heterocycles. The zero-order valence-corrected chi connectivity index (χ0v) is 33.5. The lowest BCUT2D eigenvalue weighted by Gasteiger charge is -2.15. The molecular weight excluding hydrogens is 776 g/mol. The highest BCUT2D eigenvalue weighted by Crippen LogP contribution is 2.00. The third kappa shape index (κ3) is 48.9. The molecular formula is C38H60O20. The second kappa shape index (κ2) is 44.6. The Morgan fingerprint density at radius 3 is 1.03 bits per heavy atom. The summed E-state index contributed by atoms with van der Waals surface area (Å²) in [5.41, 5.74) is 0. The number of carboxylic acids is 1. The lowest BCUT2D eigenvalue weighted by molar-refractivity contribution is -0.180. The normalized spacial score (nSPS) is 10.9. The SMILES string of the molecule is C=CC(=O)OCCC(=O)O.C=CC(=O)OCCC(=O)OC(C)OCCOCCOCCOC(C)OC(=O)CCOC(=O)C=C.C=COCCOCCOCCOC=C. The summed E-state index contributed by atoms with van der Waals surface area (Å²) in [5.74, 6) is -3.91. The van der Waals surface area contributed by atoms with E-state index in [-0.39, 0.29) is 65.5 Å². The monoisotopic (exact) mass is 836 g/mol. The van der Waals surface area contributed by atoms with Crippen molar-refractivity contribution in [3.63, 3.8) is 0 Å². The molecule has 20 nitrogen and oxygen atoms in total. The first kappa shape index (κ1) is 57.2. The molecule has 2 atom stereocenters. The summed E-state index contributed by atoms with van der Waals surface area (Å²) in [7, 11) is 0. The Balaban J connectivity index is -0.00000102. The van der Waals surface area contributed by atoms with E-state index in [1.54, 1.807) is 13.8 Å². The number of carbonyl (C=O) groups is 6. The van der Waals surface area contributed by atoms with Crippen LogP contribution in [0, 0.1) is 0 Å². The molecule has 0 heterocycles. The molecule has 2 unspecified atom stereocenters. The molecule has 0 spiro atoms. The van der Waals surface area contributed by atoms with Crippen LogP contribution >= 0.6 is 0 Å². The predicted molar refractivity (Wildman–Crippen MR) is 204 cm³/mol. The van der Waals surface area contributed by atoms with Crippen LogP contribution in [-0.2, 0) is 90.3 Å². The maximum Gasteiger partial charge on any atom is 0.330 e. The largest absolute Gasteiger partial charge is 0.499 e. The quantitative estimate of drug-likeness (QED) is 0.0238. The van der Waals surface area contributed by atoms with E-state index in [0.717, 1.165) is 18.2 Å². The molecule has 20 heteroatoms. The smallest absolute Gasteiger partial charge is 0.330 e. The third-order valence-corrected chi connectivity index (χ3v) is 5.59. The molecule has 0 aromatic carbocycles. The van der Waals surface area contributed by atoms with Crippen LogP contribution in [-0.4, -0.2) is 153 Å². The van der Waals surface area contributed by atoms with Crippen LogP contribution in [0.1, 0.15) is 33.1 Å².